The van der Waals surface area contributed by atoms with Crippen molar-refractivity contribution in [2.24, 2.45) is 0 Å². The normalized spacial score (nSPS) is 16.4. The maximum Gasteiger partial charge on any atom is 0.460 e. The van der Waals surface area contributed by atoms with Gasteiger partial charge in [-0.15, -0.1) is 0 Å². The quantitative estimate of drug-likeness (QED) is 0.646. The van der Waals surface area contributed by atoms with Crippen molar-refractivity contribution in [1.29, 1.82) is 0 Å². The lowest BCUT2D eigenvalue weighted by Gasteiger charge is -2.26. The molecule has 0 saturated carbocycles. The third-order valence-electron chi connectivity index (χ3n) is 1.33. The third kappa shape index (κ3) is 2.20. The van der Waals surface area contributed by atoms with Gasteiger partial charge in [0.1, 0.15) is 5.83 Å². The highest BCUT2D eigenvalue weighted by Crippen LogP contribution is 2.50. The zero-order chi connectivity index (χ0) is 12.7. The third-order valence-corrected chi connectivity index (χ3v) is 1.33. The van der Waals surface area contributed by atoms with Crippen molar-refractivity contribution in [3.05, 3.63) is 11.7 Å². The summed E-state index contributed by atoms with van der Waals surface area (Å²) in [6, 6.07) is 0. The van der Waals surface area contributed by atoms with Crippen LogP contribution in [0, 0.1) is 0 Å². The van der Waals surface area contributed by atoms with Gasteiger partial charge in [0, 0.05) is 0 Å². The lowest BCUT2D eigenvalue weighted by atomic mass is 10.1. The molecule has 0 radical (unpaired) electrons. The first kappa shape index (κ1) is 14.1. The molecule has 0 aliphatic rings. The zero-order valence-electron chi connectivity index (χ0n) is 6.90. The number of hydrogen-bond acceptors (Lipinski definition) is 0. The summed E-state index contributed by atoms with van der Waals surface area (Å²) in [5.74, 6) is -18.8. The molecule has 90 valence electrons. The van der Waals surface area contributed by atoms with Crippen molar-refractivity contribution >= 4 is 0 Å². The summed E-state index contributed by atoms with van der Waals surface area (Å²) in [6.45, 7) is -0.00427. The molecule has 9 heteroatoms. The summed E-state index contributed by atoms with van der Waals surface area (Å²) in [5.41, 5.74) is 0. The van der Waals surface area contributed by atoms with Crippen LogP contribution in [0.2, 0.25) is 0 Å². The highest BCUT2D eigenvalue weighted by molar-refractivity contribution is 5.14. The molecule has 0 spiro atoms. The van der Waals surface area contributed by atoms with Crippen molar-refractivity contribution in [3.8, 4) is 0 Å². The SMILES string of the molecule is CC(F)=C(F)C(F)(F)C(F)(F)C(F)(F)F. The van der Waals surface area contributed by atoms with Crippen LogP contribution in [0.1, 0.15) is 6.92 Å². The molecule has 0 aromatic rings. The van der Waals surface area contributed by atoms with Crippen molar-refractivity contribution in [1.82, 2.24) is 0 Å². The maximum atomic E-state index is 12.2. The summed E-state index contributed by atoms with van der Waals surface area (Å²) in [4.78, 5) is 0. The van der Waals surface area contributed by atoms with E-state index in [0.717, 1.165) is 0 Å². The number of alkyl halides is 7. The van der Waals surface area contributed by atoms with Gasteiger partial charge in [-0.3, -0.25) is 0 Å². The first-order chi connectivity index (χ1) is 6.35. The topological polar surface area (TPSA) is 0 Å². The van der Waals surface area contributed by atoms with Crippen LogP contribution >= 0.6 is 0 Å². The van der Waals surface area contributed by atoms with Crippen LogP contribution in [-0.4, -0.2) is 18.0 Å². The van der Waals surface area contributed by atoms with E-state index in [4.69, 9.17) is 0 Å². The van der Waals surface area contributed by atoms with Crippen molar-refractivity contribution < 1.29 is 39.5 Å². The van der Waals surface area contributed by atoms with E-state index in [1.54, 1.807) is 0 Å². The zero-order valence-corrected chi connectivity index (χ0v) is 6.90. The van der Waals surface area contributed by atoms with E-state index in [-0.39, 0.29) is 6.92 Å². The first-order valence-corrected chi connectivity index (χ1v) is 3.20. The van der Waals surface area contributed by atoms with Crippen LogP contribution in [0.25, 0.3) is 0 Å². The number of hydrogen-bond donors (Lipinski definition) is 0. The van der Waals surface area contributed by atoms with E-state index >= 15 is 0 Å². The second-order valence-electron chi connectivity index (χ2n) is 2.49. The smallest absolute Gasteiger partial charge is 0.209 e. The summed E-state index contributed by atoms with van der Waals surface area (Å²) in [6.07, 6.45) is -6.68. The van der Waals surface area contributed by atoms with E-state index in [1.807, 2.05) is 0 Å². The summed E-state index contributed by atoms with van der Waals surface area (Å²) < 4.78 is 107. The molecule has 0 fully saturated rings. The minimum absolute atomic E-state index is 0.00427. The fraction of sp³-hybridized carbons (Fsp3) is 0.667. The van der Waals surface area contributed by atoms with Gasteiger partial charge in [-0.2, -0.15) is 30.7 Å². The first-order valence-electron chi connectivity index (χ1n) is 3.20. The molecule has 0 N–H and O–H groups in total. The minimum atomic E-state index is -6.68. The second-order valence-corrected chi connectivity index (χ2v) is 2.49. The average molecular weight is 246 g/mol. The molecule has 0 unspecified atom stereocenters. The molecule has 0 bridgehead atoms. The summed E-state index contributed by atoms with van der Waals surface area (Å²) in [5, 5.41) is 0. The van der Waals surface area contributed by atoms with Gasteiger partial charge in [-0.25, -0.2) is 8.78 Å². The van der Waals surface area contributed by atoms with E-state index < -0.39 is 29.7 Å². The molecular formula is C6H3F9. The molecule has 15 heavy (non-hydrogen) atoms. The number of halogens is 9. The molecule has 0 aromatic carbocycles. The van der Waals surface area contributed by atoms with Gasteiger partial charge in [-0.05, 0) is 6.92 Å². The Hall–Kier alpha value is -0.890. The lowest BCUT2D eigenvalue weighted by Crippen LogP contribution is -2.52. The predicted molar refractivity (Wildman–Crippen MR) is 30.9 cm³/mol. The van der Waals surface area contributed by atoms with Gasteiger partial charge < -0.3 is 0 Å². The molecule has 0 rings (SSSR count). The molecular weight excluding hydrogens is 243 g/mol. The molecule has 0 aromatic heterocycles. The largest absolute Gasteiger partial charge is 0.460 e. The van der Waals surface area contributed by atoms with Gasteiger partial charge in [0.15, 0.2) is 0 Å². The van der Waals surface area contributed by atoms with Gasteiger partial charge >= 0.3 is 18.0 Å². The average Bonchev–Trinajstić information content (AvgIpc) is 2.00. The van der Waals surface area contributed by atoms with E-state index in [9.17, 15) is 39.5 Å². The van der Waals surface area contributed by atoms with Crippen LogP contribution in [0.5, 0.6) is 0 Å². The fourth-order valence-corrected chi connectivity index (χ4v) is 0.532. The highest BCUT2D eigenvalue weighted by atomic mass is 19.4. The van der Waals surface area contributed by atoms with E-state index in [1.165, 1.54) is 0 Å². The van der Waals surface area contributed by atoms with E-state index in [0.29, 0.717) is 0 Å². The Kier molecular flexibility index (Phi) is 3.39. The van der Waals surface area contributed by atoms with Crippen LogP contribution in [0.3, 0.4) is 0 Å². The molecule has 0 aliphatic carbocycles. The van der Waals surface area contributed by atoms with Crippen molar-refractivity contribution in [2.45, 2.75) is 24.9 Å². The van der Waals surface area contributed by atoms with Gasteiger partial charge in [0.25, 0.3) is 0 Å². The molecule has 0 heterocycles. The number of allylic oxidation sites excluding steroid dienone is 2. The number of rotatable bonds is 2. The fourth-order valence-electron chi connectivity index (χ4n) is 0.532. The Labute approximate surface area is 77.4 Å². The van der Waals surface area contributed by atoms with Crippen LogP contribution in [0.15, 0.2) is 11.7 Å². The van der Waals surface area contributed by atoms with E-state index in [2.05, 4.69) is 0 Å². The van der Waals surface area contributed by atoms with Crippen LogP contribution < -0.4 is 0 Å². The maximum absolute atomic E-state index is 12.2. The highest BCUT2D eigenvalue weighted by Gasteiger charge is 2.75. The summed E-state index contributed by atoms with van der Waals surface area (Å²) >= 11 is 0. The minimum Gasteiger partial charge on any atom is -0.209 e. The van der Waals surface area contributed by atoms with Gasteiger partial charge in [0.05, 0.1) is 0 Å². The van der Waals surface area contributed by atoms with Crippen molar-refractivity contribution in [2.75, 3.05) is 0 Å². The second kappa shape index (κ2) is 3.60. The molecule has 0 aliphatic heterocycles. The van der Waals surface area contributed by atoms with Crippen LogP contribution in [0.4, 0.5) is 39.5 Å². The Bertz CT molecular complexity index is 267. The Morgan fingerprint density at radius 1 is 0.800 bits per heavy atom. The molecule has 0 atom stereocenters. The van der Waals surface area contributed by atoms with Crippen LogP contribution in [-0.2, 0) is 0 Å². The predicted octanol–water partition coefficient (Wildman–Crippen LogP) is 3.99. The van der Waals surface area contributed by atoms with Crippen molar-refractivity contribution in [3.63, 3.8) is 0 Å². The van der Waals surface area contributed by atoms with Gasteiger partial charge in [0.2, 0.25) is 5.83 Å². The monoisotopic (exact) mass is 246 g/mol. The Morgan fingerprint density at radius 3 is 1.33 bits per heavy atom. The molecule has 0 amide bonds. The lowest BCUT2D eigenvalue weighted by molar-refractivity contribution is -0.348. The standard InChI is InChI=1S/C6H3F9/c1-2(7)3(8)4(9,10)5(11,12)6(13,14)15/h1H3. The van der Waals surface area contributed by atoms with Gasteiger partial charge in [-0.1, -0.05) is 0 Å². The molecule has 0 nitrogen and oxygen atoms in total. The Morgan fingerprint density at radius 2 is 1.13 bits per heavy atom. The molecule has 0 saturated heterocycles. The summed E-state index contributed by atoms with van der Waals surface area (Å²) in [7, 11) is 0. The Balaban J connectivity index is 5.49.